The van der Waals surface area contributed by atoms with Crippen LogP contribution in [0.1, 0.15) is 32.9 Å². The first kappa shape index (κ1) is 22.5. The number of nitrogens with zero attached hydrogens (tertiary/aromatic N) is 2. The van der Waals surface area contributed by atoms with Crippen molar-refractivity contribution in [1.82, 2.24) is 9.29 Å². The van der Waals surface area contributed by atoms with Crippen molar-refractivity contribution in [2.45, 2.75) is 25.7 Å². The highest BCUT2D eigenvalue weighted by atomic mass is 32.2. The minimum absolute atomic E-state index is 0.0792. The highest BCUT2D eigenvalue weighted by molar-refractivity contribution is 7.90. The van der Waals surface area contributed by atoms with Gasteiger partial charge in [0.2, 0.25) is 5.78 Å². The molecule has 0 atom stereocenters. The fourth-order valence-corrected chi connectivity index (χ4v) is 5.05. The molecule has 33 heavy (non-hydrogen) atoms. The van der Waals surface area contributed by atoms with Crippen molar-refractivity contribution in [2.24, 2.45) is 4.99 Å². The maximum absolute atomic E-state index is 12.7. The molecule has 0 spiro atoms. The summed E-state index contributed by atoms with van der Waals surface area (Å²) in [6.45, 7) is 4.92. The number of aliphatic imine (C=N–C) groups is 1. The Morgan fingerprint density at radius 1 is 1.03 bits per heavy atom. The number of ketones is 1. The average Bonchev–Trinajstić information content (AvgIpc) is 3.23. The van der Waals surface area contributed by atoms with Crippen LogP contribution in [0.25, 0.3) is 5.69 Å². The van der Waals surface area contributed by atoms with Crippen LogP contribution < -0.4 is 4.72 Å². The molecule has 0 fully saturated rings. The lowest BCUT2D eigenvalue weighted by Crippen LogP contribution is -2.24. The average molecular weight is 466 g/mol. The van der Waals surface area contributed by atoms with Crippen molar-refractivity contribution in [1.29, 1.82) is 0 Å². The van der Waals surface area contributed by atoms with Gasteiger partial charge in [0.15, 0.2) is 6.61 Å². The number of Topliss-reactive ketones (excluding diaryl/α,β-unsaturated/α-hetero) is 1. The van der Waals surface area contributed by atoms with Gasteiger partial charge in [-0.3, -0.25) is 19.3 Å². The standard InChI is InChI=1S/C24H23N3O5S/c1-15-8-10-18(11-9-15)27-16(2)12-20(17(27)3)21(28)14-32-23(29)13-25-24-19-6-4-5-7-22(19)33(30,31)26-24/h4-12H,13-14H2,1-3H3,(H,25,26). The number of hydrogen-bond acceptors (Lipinski definition) is 6. The second-order valence-corrected chi connectivity index (χ2v) is 9.46. The minimum atomic E-state index is -3.69. The van der Waals surface area contributed by atoms with Crippen LogP contribution in [-0.4, -0.2) is 43.7 Å². The minimum Gasteiger partial charge on any atom is -0.456 e. The van der Waals surface area contributed by atoms with E-state index in [1.54, 1.807) is 24.3 Å². The van der Waals surface area contributed by atoms with Crippen molar-refractivity contribution >= 4 is 27.6 Å². The predicted molar refractivity (Wildman–Crippen MR) is 123 cm³/mol. The number of rotatable bonds is 6. The summed E-state index contributed by atoms with van der Waals surface area (Å²) >= 11 is 0. The Bertz CT molecular complexity index is 1390. The van der Waals surface area contributed by atoms with E-state index in [9.17, 15) is 18.0 Å². The Morgan fingerprint density at radius 2 is 1.73 bits per heavy atom. The summed E-state index contributed by atoms with van der Waals surface area (Å²) in [5.41, 5.74) is 4.61. The summed E-state index contributed by atoms with van der Waals surface area (Å²) in [4.78, 5) is 29.0. The van der Waals surface area contributed by atoms with Gasteiger partial charge in [-0.1, -0.05) is 29.8 Å². The van der Waals surface area contributed by atoms with E-state index in [1.807, 2.05) is 49.6 Å². The first-order valence-corrected chi connectivity index (χ1v) is 11.8. The molecule has 2 heterocycles. The molecule has 9 heteroatoms. The third-order valence-electron chi connectivity index (χ3n) is 5.42. The lowest BCUT2D eigenvalue weighted by Gasteiger charge is -2.10. The number of benzene rings is 2. The Morgan fingerprint density at radius 3 is 2.45 bits per heavy atom. The number of carbonyl (C=O) groups excluding carboxylic acids is 2. The van der Waals surface area contributed by atoms with Crippen LogP contribution in [0, 0.1) is 20.8 Å². The molecule has 4 rings (SSSR count). The van der Waals surface area contributed by atoms with Crippen LogP contribution in [0.3, 0.4) is 0 Å². The van der Waals surface area contributed by atoms with E-state index in [-0.39, 0.29) is 16.5 Å². The van der Waals surface area contributed by atoms with E-state index in [2.05, 4.69) is 9.71 Å². The molecule has 0 saturated heterocycles. The van der Waals surface area contributed by atoms with E-state index >= 15 is 0 Å². The zero-order valence-corrected chi connectivity index (χ0v) is 19.3. The summed E-state index contributed by atoms with van der Waals surface area (Å²) < 4.78 is 33.6. The number of aryl methyl sites for hydroxylation is 2. The van der Waals surface area contributed by atoms with Crippen LogP contribution in [0.2, 0.25) is 0 Å². The number of aromatic nitrogens is 1. The number of fused-ring (bicyclic) bond motifs is 1. The summed E-state index contributed by atoms with van der Waals surface area (Å²) in [6, 6.07) is 16.1. The van der Waals surface area contributed by atoms with Gasteiger partial charge in [-0.2, -0.15) is 0 Å². The third kappa shape index (κ3) is 4.45. The van der Waals surface area contributed by atoms with Crippen molar-refractivity contribution in [3.05, 3.63) is 82.7 Å². The van der Waals surface area contributed by atoms with Crippen LogP contribution in [0.4, 0.5) is 0 Å². The first-order chi connectivity index (χ1) is 15.7. The SMILES string of the molecule is Cc1ccc(-n2c(C)cc(C(=O)COC(=O)CN=C3NS(=O)(=O)c4ccccc43)c2C)cc1. The number of amidine groups is 1. The van der Waals surface area contributed by atoms with Crippen molar-refractivity contribution in [2.75, 3.05) is 13.2 Å². The Kier molecular flexibility index (Phi) is 5.90. The largest absolute Gasteiger partial charge is 0.456 e. The maximum atomic E-state index is 12.7. The quantitative estimate of drug-likeness (QED) is 0.445. The molecular formula is C24H23N3O5S. The highest BCUT2D eigenvalue weighted by Crippen LogP contribution is 2.23. The molecule has 8 nitrogen and oxygen atoms in total. The molecule has 170 valence electrons. The van der Waals surface area contributed by atoms with Crippen LogP contribution in [0.15, 0.2) is 64.5 Å². The molecule has 1 aromatic heterocycles. The van der Waals surface area contributed by atoms with E-state index in [1.165, 1.54) is 6.07 Å². The summed E-state index contributed by atoms with van der Waals surface area (Å²) in [7, 11) is -3.69. The van der Waals surface area contributed by atoms with Crippen LogP contribution >= 0.6 is 0 Å². The zero-order chi connectivity index (χ0) is 23.8. The van der Waals surface area contributed by atoms with Gasteiger partial charge >= 0.3 is 5.97 Å². The Labute approximate surface area is 192 Å². The highest BCUT2D eigenvalue weighted by Gasteiger charge is 2.30. The monoisotopic (exact) mass is 465 g/mol. The third-order valence-corrected chi connectivity index (χ3v) is 6.81. The van der Waals surface area contributed by atoms with Gasteiger partial charge in [-0.15, -0.1) is 0 Å². The van der Waals surface area contributed by atoms with Gasteiger partial charge in [0.05, 0.1) is 4.90 Å². The Hall–Kier alpha value is -3.72. The molecule has 0 radical (unpaired) electrons. The molecular weight excluding hydrogens is 442 g/mol. The molecule has 0 saturated carbocycles. The molecule has 0 unspecified atom stereocenters. The predicted octanol–water partition coefficient (Wildman–Crippen LogP) is 2.87. The molecule has 0 bridgehead atoms. The van der Waals surface area contributed by atoms with E-state index in [0.717, 1.165) is 22.6 Å². The number of sulfonamides is 1. The van der Waals surface area contributed by atoms with Gasteiger partial charge < -0.3 is 9.30 Å². The lowest BCUT2D eigenvalue weighted by atomic mass is 10.1. The number of nitrogens with one attached hydrogen (secondary N) is 1. The number of carbonyl (C=O) groups is 2. The Balaban J connectivity index is 1.42. The molecule has 3 aromatic rings. The van der Waals surface area contributed by atoms with Gasteiger partial charge in [0, 0.05) is 28.2 Å². The van der Waals surface area contributed by atoms with Gasteiger partial charge in [0.1, 0.15) is 12.4 Å². The molecule has 1 aliphatic heterocycles. The maximum Gasteiger partial charge on any atom is 0.328 e. The second kappa shape index (κ2) is 8.67. The number of esters is 1. The second-order valence-electron chi connectivity index (χ2n) is 7.81. The van der Waals surface area contributed by atoms with Crippen molar-refractivity contribution in [3.8, 4) is 5.69 Å². The molecule has 1 N–H and O–H groups in total. The van der Waals surface area contributed by atoms with Gasteiger partial charge in [-0.25, -0.2) is 8.42 Å². The number of hydrogen-bond donors (Lipinski definition) is 1. The summed E-state index contributed by atoms with van der Waals surface area (Å²) in [6.07, 6.45) is 0. The van der Waals surface area contributed by atoms with E-state index < -0.39 is 29.1 Å². The van der Waals surface area contributed by atoms with Gasteiger partial charge in [0.25, 0.3) is 10.0 Å². The summed E-state index contributed by atoms with van der Waals surface area (Å²) in [5.74, 6) is -0.975. The van der Waals surface area contributed by atoms with Gasteiger partial charge in [-0.05, 0) is 51.1 Å². The van der Waals surface area contributed by atoms with Crippen LogP contribution in [-0.2, 0) is 19.6 Å². The fraction of sp³-hybridized carbons (Fsp3) is 0.208. The lowest BCUT2D eigenvalue weighted by molar-refractivity contribution is -0.140. The molecule has 2 aromatic carbocycles. The number of ether oxygens (including phenoxy) is 1. The van der Waals surface area contributed by atoms with Crippen LogP contribution in [0.5, 0.6) is 0 Å². The zero-order valence-electron chi connectivity index (χ0n) is 18.5. The molecule has 0 aliphatic carbocycles. The smallest absolute Gasteiger partial charge is 0.328 e. The fourth-order valence-electron chi connectivity index (χ4n) is 3.80. The van der Waals surface area contributed by atoms with E-state index in [4.69, 9.17) is 4.74 Å². The van der Waals surface area contributed by atoms with Crippen molar-refractivity contribution in [3.63, 3.8) is 0 Å². The first-order valence-electron chi connectivity index (χ1n) is 10.3. The van der Waals surface area contributed by atoms with Crippen molar-refractivity contribution < 1.29 is 22.7 Å². The van der Waals surface area contributed by atoms with E-state index in [0.29, 0.717) is 11.1 Å². The summed E-state index contributed by atoms with van der Waals surface area (Å²) in [5, 5.41) is 0. The normalized spacial score (nSPS) is 15.2. The topological polar surface area (TPSA) is 107 Å². The molecule has 0 amide bonds. The molecule has 1 aliphatic rings.